The lowest BCUT2D eigenvalue weighted by Crippen LogP contribution is -2.35. The van der Waals surface area contributed by atoms with Gasteiger partial charge in [0.15, 0.2) is 0 Å². The van der Waals surface area contributed by atoms with Crippen LogP contribution in [0, 0.1) is 0 Å². The highest BCUT2D eigenvalue weighted by Gasteiger charge is 2.18. The molecule has 3 nitrogen and oxygen atoms in total. The zero-order valence-corrected chi connectivity index (χ0v) is 13.3. The number of hydrogen-bond donors (Lipinski definition) is 2. The molecule has 2 N–H and O–H groups in total. The van der Waals surface area contributed by atoms with Crippen LogP contribution in [0.5, 0.6) is 5.75 Å². The molecule has 0 amide bonds. The Balaban J connectivity index is 1.99. The maximum absolute atomic E-state index is 10.4. The summed E-state index contributed by atoms with van der Waals surface area (Å²) in [5.41, 5.74) is 2.21. The number of likely N-dealkylation sites (N-methyl/N-ethyl adjacent to an activating group) is 1. The summed E-state index contributed by atoms with van der Waals surface area (Å²) in [4.78, 5) is 2.22. The third-order valence-corrected chi connectivity index (χ3v) is 4.07. The average molecular weight is 299 g/mol. The van der Waals surface area contributed by atoms with Crippen molar-refractivity contribution < 1.29 is 10.2 Å². The highest BCUT2D eigenvalue weighted by atomic mass is 16.3. The van der Waals surface area contributed by atoms with Crippen molar-refractivity contribution in [2.24, 2.45) is 0 Å². The molecule has 0 aliphatic carbocycles. The number of aliphatic hydroxyl groups is 1. The molecule has 0 bridgehead atoms. The fourth-order valence-electron chi connectivity index (χ4n) is 2.78. The van der Waals surface area contributed by atoms with E-state index in [2.05, 4.69) is 18.7 Å². The highest BCUT2D eigenvalue weighted by molar-refractivity contribution is 5.29. The van der Waals surface area contributed by atoms with Gasteiger partial charge in [0.25, 0.3) is 0 Å². The molecule has 0 radical (unpaired) electrons. The van der Waals surface area contributed by atoms with Crippen molar-refractivity contribution in [2.75, 3.05) is 13.1 Å². The summed E-state index contributed by atoms with van der Waals surface area (Å²) in [5, 5.41) is 20.0. The first kappa shape index (κ1) is 16.5. The Morgan fingerprint density at radius 2 is 1.77 bits per heavy atom. The van der Waals surface area contributed by atoms with Crippen LogP contribution in [0.1, 0.15) is 31.0 Å². The largest absolute Gasteiger partial charge is 0.508 e. The van der Waals surface area contributed by atoms with Crippen LogP contribution in [-0.4, -0.2) is 34.3 Å². The molecule has 0 aliphatic heterocycles. The maximum atomic E-state index is 10.4. The first-order valence-electron chi connectivity index (χ1n) is 7.85. The molecule has 22 heavy (non-hydrogen) atoms. The van der Waals surface area contributed by atoms with Gasteiger partial charge >= 0.3 is 0 Å². The van der Waals surface area contributed by atoms with Gasteiger partial charge in [-0.3, -0.25) is 4.90 Å². The van der Waals surface area contributed by atoms with Crippen molar-refractivity contribution in [3.05, 3.63) is 65.7 Å². The molecular formula is C19H25NO2. The number of benzene rings is 2. The van der Waals surface area contributed by atoms with Crippen LogP contribution >= 0.6 is 0 Å². The van der Waals surface area contributed by atoms with Crippen molar-refractivity contribution in [2.45, 2.75) is 32.4 Å². The molecule has 0 aromatic heterocycles. The summed E-state index contributed by atoms with van der Waals surface area (Å²) < 4.78 is 0. The molecule has 0 heterocycles. The minimum Gasteiger partial charge on any atom is -0.508 e. The van der Waals surface area contributed by atoms with E-state index in [-0.39, 0.29) is 11.8 Å². The van der Waals surface area contributed by atoms with Crippen LogP contribution in [0.3, 0.4) is 0 Å². The number of nitrogens with zero attached hydrogens (tertiary/aromatic N) is 1. The van der Waals surface area contributed by atoms with Crippen molar-refractivity contribution in [1.82, 2.24) is 4.90 Å². The Labute approximate surface area is 132 Å². The van der Waals surface area contributed by atoms with Gasteiger partial charge in [0.1, 0.15) is 5.75 Å². The number of phenolic OH excluding ortho intramolecular Hbond substituents is 1. The smallest absolute Gasteiger partial charge is 0.115 e. The summed E-state index contributed by atoms with van der Waals surface area (Å²) in [7, 11) is 0. The predicted octanol–water partition coefficient (Wildman–Crippen LogP) is 3.38. The SMILES string of the molecule is CCN(C[C@@H](O)Cc1ccccc1)C(C)c1cccc(O)c1. The minimum absolute atomic E-state index is 0.155. The first-order valence-corrected chi connectivity index (χ1v) is 7.85. The van der Waals surface area contributed by atoms with Crippen LogP contribution in [-0.2, 0) is 6.42 Å². The Bertz CT molecular complexity index is 571. The van der Waals surface area contributed by atoms with Gasteiger partial charge in [0, 0.05) is 12.6 Å². The van der Waals surface area contributed by atoms with E-state index in [1.54, 1.807) is 12.1 Å². The van der Waals surface area contributed by atoms with E-state index >= 15 is 0 Å². The molecule has 2 aromatic rings. The van der Waals surface area contributed by atoms with Gasteiger partial charge in [-0.05, 0) is 43.1 Å². The Hall–Kier alpha value is -1.84. The Kier molecular flexibility index (Phi) is 5.99. The highest BCUT2D eigenvalue weighted by Crippen LogP contribution is 2.23. The molecule has 0 aliphatic rings. The zero-order chi connectivity index (χ0) is 15.9. The monoisotopic (exact) mass is 299 g/mol. The van der Waals surface area contributed by atoms with Gasteiger partial charge in [-0.25, -0.2) is 0 Å². The average Bonchev–Trinajstić information content (AvgIpc) is 2.53. The van der Waals surface area contributed by atoms with Gasteiger partial charge in [0.05, 0.1) is 6.10 Å². The van der Waals surface area contributed by atoms with E-state index in [1.807, 2.05) is 42.5 Å². The maximum Gasteiger partial charge on any atom is 0.115 e. The molecule has 0 spiro atoms. The van der Waals surface area contributed by atoms with Crippen molar-refractivity contribution in [3.63, 3.8) is 0 Å². The van der Waals surface area contributed by atoms with E-state index in [9.17, 15) is 10.2 Å². The molecule has 1 unspecified atom stereocenters. The number of aromatic hydroxyl groups is 1. The van der Waals surface area contributed by atoms with Gasteiger partial charge in [-0.15, -0.1) is 0 Å². The fraction of sp³-hybridized carbons (Fsp3) is 0.368. The van der Waals surface area contributed by atoms with E-state index in [1.165, 1.54) is 0 Å². The standard InChI is InChI=1S/C19H25NO2/c1-3-20(15(2)17-10-7-11-18(21)13-17)14-19(22)12-16-8-5-4-6-9-16/h4-11,13,15,19,21-22H,3,12,14H2,1-2H3/t15?,19-/m0/s1. The predicted molar refractivity (Wildman–Crippen MR) is 89.9 cm³/mol. The van der Waals surface area contributed by atoms with Crippen molar-refractivity contribution in [3.8, 4) is 5.75 Å². The third-order valence-electron chi connectivity index (χ3n) is 4.07. The topological polar surface area (TPSA) is 43.7 Å². The molecule has 0 saturated heterocycles. The number of rotatable bonds is 7. The lowest BCUT2D eigenvalue weighted by atomic mass is 10.0. The van der Waals surface area contributed by atoms with Gasteiger partial charge < -0.3 is 10.2 Å². The lowest BCUT2D eigenvalue weighted by Gasteiger charge is -2.30. The van der Waals surface area contributed by atoms with E-state index < -0.39 is 6.10 Å². The lowest BCUT2D eigenvalue weighted by molar-refractivity contribution is 0.0945. The number of aliphatic hydroxyl groups excluding tert-OH is 1. The summed E-state index contributed by atoms with van der Waals surface area (Å²) in [6.07, 6.45) is 0.256. The minimum atomic E-state index is -0.401. The molecular weight excluding hydrogens is 274 g/mol. The second kappa shape index (κ2) is 7.97. The molecule has 2 rings (SSSR count). The van der Waals surface area contributed by atoms with Crippen LogP contribution in [0.2, 0.25) is 0 Å². The Morgan fingerprint density at radius 3 is 2.41 bits per heavy atom. The van der Waals surface area contributed by atoms with E-state index in [4.69, 9.17) is 0 Å². The van der Waals surface area contributed by atoms with Crippen LogP contribution < -0.4 is 0 Å². The summed E-state index contributed by atoms with van der Waals surface area (Å²) in [6, 6.07) is 17.5. The zero-order valence-electron chi connectivity index (χ0n) is 13.3. The van der Waals surface area contributed by atoms with Crippen molar-refractivity contribution in [1.29, 1.82) is 0 Å². The second-order valence-electron chi connectivity index (χ2n) is 5.70. The number of hydrogen-bond acceptors (Lipinski definition) is 3. The van der Waals surface area contributed by atoms with Crippen molar-refractivity contribution >= 4 is 0 Å². The quantitative estimate of drug-likeness (QED) is 0.824. The van der Waals surface area contributed by atoms with Gasteiger partial charge in [-0.1, -0.05) is 49.4 Å². The number of phenols is 1. The normalized spacial score (nSPS) is 14.0. The van der Waals surface area contributed by atoms with Crippen LogP contribution in [0.15, 0.2) is 54.6 Å². The molecule has 3 heteroatoms. The second-order valence-corrected chi connectivity index (χ2v) is 5.70. The fourth-order valence-corrected chi connectivity index (χ4v) is 2.78. The molecule has 2 aromatic carbocycles. The molecule has 2 atom stereocenters. The molecule has 0 saturated carbocycles. The van der Waals surface area contributed by atoms with E-state index in [0.717, 1.165) is 17.7 Å². The molecule has 118 valence electrons. The summed E-state index contributed by atoms with van der Waals surface area (Å²) in [6.45, 7) is 5.66. The first-order chi connectivity index (χ1) is 10.6. The van der Waals surface area contributed by atoms with E-state index in [0.29, 0.717) is 13.0 Å². The third kappa shape index (κ3) is 4.58. The molecule has 0 fully saturated rings. The summed E-state index contributed by atoms with van der Waals surface area (Å²) in [5.74, 6) is 0.283. The Morgan fingerprint density at radius 1 is 1.05 bits per heavy atom. The summed E-state index contributed by atoms with van der Waals surface area (Å²) >= 11 is 0. The van der Waals surface area contributed by atoms with Gasteiger partial charge in [0.2, 0.25) is 0 Å². The van der Waals surface area contributed by atoms with Crippen LogP contribution in [0.25, 0.3) is 0 Å². The van der Waals surface area contributed by atoms with Gasteiger partial charge in [-0.2, -0.15) is 0 Å². The van der Waals surface area contributed by atoms with Crippen LogP contribution in [0.4, 0.5) is 0 Å².